The number of carbonyl (C=O) groups excluding carboxylic acids is 2. The first-order valence-electron chi connectivity index (χ1n) is 8.00. The molecule has 2 heterocycles. The van der Waals surface area contributed by atoms with Gasteiger partial charge >= 0.3 is 0 Å². The smallest absolute Gasteiger partial charge is 0.244 e. The molecule has 2 aromatic carbocycles. The van der Waals surface area contributed by atoms with Gasteiger partial charge in [-0.25, -0.2) is 9.37 Å². The minimum absolute atomic E-state index is 0.0171. The molecule has 1 aromatic heterocycles. The van der Waals surface area contributed by atoms with Gasteiger partial charge < -0.3 is 10.2 Å². The summed E-state index contributed by atoms with van der Waals surface area (Å²) in [7, 11) is 0. The van der Waals surface area contributed by atoms with Gasteiger partial charge in [0.15, 0.2) is 0 Å². The first-order chi connectivity index (χ1) is 12.6. The maximum Gasteiger partial charge on any atom is 0.244 e. The topological polar surface area (TPSA) is 62.3 Å². The Kier molecular flexibility index (Phi) is 4.22. The van der Waals surface area contributed by atoms with Crippen molar-refractivity contribution in [2.24, 2.45) is 0 Å². The van der Waals surface area contributed by atoms with Crippen LogP contribution in [0.3, 0.4) is 0 Å². The summed E-state index contributed by atoms with van der Waals surface area (Å²) in [6, 6.07) is 13.4. The average molecular weight is 367 g/mol. The average Bonchev–Trinajstić information content (AvgIpc) is 3.09. The standard InChI is InChI=1S/C19H14FN3O2S/c20-13-5-3-4-12(8-13)19-21-14(11-26-19)9-18(25)23-10-17(24)22-15-6-1-2-7-16(15)23/h1-8,11H,9-10H2,(H,22,24). The van der Waals surface area contributed by atoms with E-state index in [-0.39, 0.29) is 30.6 Å². The van der Waals surface area contributed by atoms with Crippen LogP contribution in [0.2, 0.25) is 0 Å². The Hall–Kier alpha value is -3.06. The maximum atomic E-state index is 13.4. The fourth-order valence-electron chi connectivity index (χ4n) is 2.85. The number of anilines is 2. The Labute approximate surface area is 153 Å². The number of benzene rings is 2. The minimum atomic E-state index is -0.328. The van der Waals surface area contributed by atoms with E-state index in [2.05, 4.69) is 10.3 Å². The van der Waals surface area contributed by atoms with Crippen LogP contribution in [0.15, 0.2) is 53.9 Å². The fraction of sp³-hybridized carbons (Fsp3) is 0.105. The van der Waals surface area contributed by atoms with Crippen LogP contribution >= 0.6 is 11.3 Å². The lowest BCUT2D eigenvalue weighted by atomic mass is 10.1. The zero-order valence-corrected chi connectivity index (χ0v) is 14.4. The molecule has 1 N–H and O–H groups in total. The number of fused-ring (bicyclic) bond motifs is 1. The Morgan fingerprint density at radius 1 is 1.23 bits per heavy atom. The Bertz CT molecular complexity index is 1000. The van der Waals surface area contributed by atoms with Crippen molar-refractivity contribution in [3.05, 3.63) is 65.4 Å². The maximum absolute atomic E-state index is 13.4. The second kappa shape index (κ2) is 6.68. The molecule has 0 unspecified atom stereocenters. The summed E-state index contributed by atoms with van der Waals surface area (Å²) in [6.45, 7) is -0.0171. The van der Waals surface area contributed by atoms with Crippen molar-refractivity contribution in [2.45, 2.75) is 6.42 Å². The number of carbonyl (C=O) groups is 2. The molecule has 130 valence electrons. The van der Waals surface area contributed by atoms with Crippen molar-refractivity contribution in [2.75, 3.05) is 16.8 Å². The quantitative estimate of drug-likeness (QED) is 0.771. The Morgan fingerprint density at radius 2 is 2.08 bits per heavy atom. The molecule has 0 saturated carbocycles. The number of halogens is 1. The number of rotatable bonds is 3. The monoisotopic (exact) mass is 367 g/mol. The van der Waals surface area contributed by atoms with Gasteiger partial charge in [-0.2, -0.15) is 0 Å². The predicted octanol–water partition coefficient (Wildman–Crippen LogP) is 3.48. The molecule has 0 saturated heterocycles. The number of aromatic nitrogens is 1. The fourth-order valence-corrected chi connectivity index (χ4v) is 3.67. The lowest BCUT2D eigenvalue weighted by molar-refractivity contribution is -0.121. The van der Waals surface area contributed by atoms with Crippen molar-refractivity contribution in [3.8, 4) is 10.6 Å². The molecule has 0 atom stereocenters. The first-order valence-corrected chi connectivity index (χ1v) is 8.88. The molecule has 2 amide bonds. The van der Waals surface area contributed by atoms with Gasteiger partial charge in [0, 0.05) is 10.9 Å². The van der Waals surface area contributed by atoms with E-state index in [0.29, 0.717) is 27.6 Å². The van der Waals surface area contributed by atoms with E-state index in [0.717, 1.165) is 0 Å². The summed E-state index contributed by atoms with van der Waals surface area (Å²) < 4.78 is 13.4. The largest absolute Gasteiger partial charge is 0.323 e. The number of para-hydroxylation sites is 2. The predicted molar refractivity (Wildman–Crippen MR) is 98.6 cm³/mol. The van der Waals surface area contributed by atoms with Crippen LogP contribution < -0.4 is 10.2 Å². The van der Waals surface area contributed by atoms with Gasteiger partial charge in [-0.3, -0.25) is 9.59 Å². The highest BCUT2D eigenvalue weighted by Gasteiger charge is 2.27. The molecule has 0 aliphatic carbocycles. The number of nitrogens with one attached hydrogen (secondary N) is 1. The summed E-state index contributed by atoms with van der Waals surface area (Å²) in [4.78, 5) is 30.5. The third-order valence-corrected chi connectivity index (χ3v) is 4.97. The molecule has 3 aromatic rings. The van der Waals surface area contributed by atoms with E-state index in [4.69, 9.17) is 0 Å². The lowest BCUT2D eigenvalue weighted by Gasteiger charge is -2.29. The number of nitrogens with zero attached hydrogens (tertiary/aromatic N) is 2. The highest BCUT2D eigenvalue weighted by Crippen LogP contribution is 2.30. The molecule has 7 heteroatoms. The van der Waals surface area contributed by atoms with Crippen LogP contribution in [0.5, 0.6) is 0 Å². The van der Waals surface area contributed by atoms with E-state index in [1.54, 1.807) is 35.7 Å². The van der Waals surface area contributed by atoms with Crippen molar-refractivity contribution < 1.29 is 14.0 Å². The molecule has 0 spiro atoms. The van der Waals surface area contributed by atoms with Crippen LogP contribution in [0.4, 0.5) is 15.8 Å². The SMILES string of the molecule is O=C1CN(C(=O)Cc2csc(-c3cccc(F)c3)n2)c2ccccc2N1. The summed E-state index contributed by atoms with van der Waals surface area (Å²) in [5.74, 6) is -0.759. The molecule has 0 radical (unpaired) electrons. The normalized spacial score (nSPS) is 13.3. The van der Waals surface area contributed by atoms with Crippen molar-refractivity contribution >= 4 is 34.5 Å². The molecule has 0 bridgehead atoms. The third-order valence-electron chi connectivity index (χ3n) is 4.03. The summed E-state index contributed by atoms with van der Waals surface area (Å²) >= 11 is 1.36. The minimum Gasteiger partial charge on any atom is -0.323 e. The van der Waals surface area contributed by atoms with Crippen LogP contribution in [0.1, 0.15) is 5.69 Å². The molecule has 4 rings (SSSR count). The van der Waals surface area contributed by atoms with E-state index in [9.17, 15) is 14.0 Å². The molecule has 5 nitrogen and oxygen atoms in total. The van der Waals surface area contributed by atoms with Gasteiger partial charge in [-0.05, 0) is 24.3 Å². The van der Waals surface area contributed by atoms with Gasteiger partial charge in [0.2, 0.25) is 11.8 Å². The van der Waals surface area contributed by atoms with Crippen LogP contribution in [0, 0.1) is 5.82 Å². The first kappa shape index (κ1) is 16.4. The van der Waals surface area contributed by atoms with E-state index < -0.39 is 0 Å². The zero-order chi connectivity index (χ0) is 18.1. The van der Waals surface area contributed by atoms with Gasteiger partial charge in [-0.1, -0.05) is 24.3 Å². The Balaban J connectivity index is 1.55. The summed E-state index contributed by atoms with van der Waals surface area (Å²) in [5.41, 5.74) is 2.58. The number of amides is 2. The number of hydrogen-bond donors (Lipinski definition) is 1. The molecule has 0 fully saturated rings. The zero-order valence-electron chi connectivity index (χ0n) is 13.6. The molecule has 26 heavy (non-hydrogen) atoms. The summed E-state index contributed by atoms with van der Waals surface area (Å²) in [5, 5.41) is 5.20. The van der Waals surface area contributed by atoms with Crippen molar-refractivity contribution in [1.82, 2.24) is 4.98 Å². The van der Waals surface area contributed by atoms with Crippen LogP contribution in [-0.2, 0) is 16.0 Å². The van der Waals surface area contributed by atoms with Crippen molar-refractivity contribution in [1.29, 1.82) is 0 Å². The Morgan fingerprint density at radius 3 is 2.92 bits per heavy atom. The molecule has 1 aliphatic heterocycles. The highest BCUT2D eigenvalue weighted by molar-refractivity contribution is 7.13. The molecular formula is C19H14FN3O2S. The van der Waals surface area contributed by atoms with Gasteiger partial charge in [0.05, 0.1) is 23.5 Å². The van der Waals surface area contributed by atoms with E-state index in [1.165, 1.54) is 28.4 Å². The third kappa shape index (κ3) is 3.21. The number of thiazole rings is 1. The van der Waals surface area contributed by atoms with Gasteiger partial charge in [0.1, 0.15) is 17.4 Å². The van der Waals surface area contributed by atoms with Crippen molar-refractivity contribution in [3.63, 3.8) is 0 Å². The number of hydrogen-bond acceptors (Lipinski definition) is 4. The second-order valence-corrected chi connectivity index (χ2v) is 6.73. The molecular weight excluding hydrogens is 353 g/mol. The highest BCUT2D eigenvalue weighted by atomic mass is 32.1. The summed E-state index contributed by atoms with van der Waals surface area (Å²) in [6.07, 6.45) is 0.0768. The second-order valence-electron chi connectivity index (χ2n) is 5.88. The van der Waals surface area contributed by atoms with Gasteiger partial charge in [0.25, 0.3) is 0 Å². The van der Waals surface area contributed by atoms with Crippen LogP contribution in [-0.4, -0.2) is 23.3 Å². The lowest BCUT2D eigenvalue weighted by Crippen LogP contribution is -2.42. The molecule has 1 aliphatic rings. The van der Waals surface area contributed by atoms with E-state index in [1.807, 2.05) is 6.07 Å². The van der Waals surface area contributed by atoms with Crippen LogP contribution in [0.25, 0.3) is 10.6 Å². The van der Waals surface area contributed by atoms with E-state index >= 15 is 0 Å². The van der Waals surface area contributed by atoms with Gasteiger partial charge in [-0.15, -0.1) is 11.3 Å².